The maximum atomic E-state index is 5.99. The smallest absolute Gasteiger partial charge is 0.111 e. The van der Waals surface area contributed by atoms with Crippen LogP contribution in [0.1, 0.15) is 30.8 Å². The van der Waals surface area contributed by atoms with Crippen LogP contribution in [-0.2, 0) is 0 Å². The highest BCUT2D eigenvalue weighted by Crippen LogP contribution is 2.33. The second-order valence-corrected chi connectivity index (χ2v) is 6.30. The van der Waals surface area contributed by atoms with Crippen molar-refractivity contribution in [2.24, 2.45) is 5.92 Å². The van der Waals surface area contributed by atoms with Gasteiger partial charge in [-0.15, -0.1) is 11.3 Å². The summed E-state index contributed by atoms with van der Waals surface area (Å²) in [5.41, 5.74) is 1.03. The standard InChI is InChI=1S/C13H15ClN2S/c1-8-4-5-15-11(6-8)13-16-10-7-9(14)2-3-12(10)17-13/h2-3,7-8,11,15H,4-6H2,1H3. The van der Waals surface area contributed by atoms with E-state index in [0.717, 1.165) is 23.0 Å². The highest BCUT2D eigenvalue weighted by atomic mass is 35.5. The third-order valence-electron chi connectivity index (χ3n) is 3.33. The number of piperidine rings is 1. The summed E-state index contributed by atoms with van der Waals surface area (Å²) < 4.78 is 1.23. The summed E-state index contributed by atoms with van der Waals surface area (Å²) >= 11 is 7.77. The van der Waals surface area contributed by atoms with E-state index >= 15 is 0 Å². The molecule has 2 aromatic rings. The average Bonchev–Trinajstić information content (AvgIpc) is 2.72. The van der Waals surface area contributed by atoms with Crippen LogP contribution in [0.2, 0.25) is 5.02 Å². The first kappa shape index (κ1) is 11.5. The number of hydrogen-bond donors (Lipinski definition) is 1. The van der Waals surface area contributed by atoms with Gasteiger partial charge in [-0.2, -0.15) is 0 Å². The second-order valence-electron chi connectivity index (χ2n) is 4.80. The zero-order chi connectivity index (χ0) is 11.8. The molecule has 1 aromatic heterocycles. The molecule has 4 heteroatoms. The van der Waals surface area contributed by atoms with Crippen molar-refractivity contribution < 1.29 is 0 Å². The molecule has 1 fully saturated rings. The van der Waals surface area contributed by atoms with Gasteiger partial charge in [0.05, 0.1) is 16.3 Å². The fourth-order valence-electron chi connectivity index (χ4n) is 2.36. The van der Waals surface area contributed by atoms with Gasteiger partial charge in [-0.25, -0.2) is 4.98 Å². The highest BCUT2D eigenvalue weighted by molar-refractivity contribution is 7.18. The van der Waals surface area contributed by atoms with Crippen molar-refractivity contribution in [3.8, 4) is 0 Å². The van der Waals surface area contributed by atoms with Gasteiger partial charge in [-0.3, -0.25) is 0 Å². The zero-order valence-corrected chi connectivity index (χ0v) is 11.3. The van der Waals surface area contributed by atoms with E-state index in [4.69, 9.17) is 16.6 Å². The van der Waals surface area contributed by atoms with Gasteiger partial charge in [0.2, 0.25) is 0 Å². The Morgan fingerprint density at radius 2 is 2.35 bits per heavy atom. The first-order chi connectivity index (χ1) is 8.22. The van der Waals surface area contributed by atoms with Crippen LogP contribution in [0.4, 0.5) is 0 Å². The van der Waals surface area contributed by atoms with E-state index in [2.05, 4.69) is 18.3 Å². The molecule has 0 spiro atoms. The number of fused-ring (bicyclic) bond motifs is 1. The number of hydrogen-bond acceptors (Lipinski definition) is 3. The quantitative estimate of drug-likeness (QED) is 0.844. The van der Waals surface area contributed by atoms with Crippen LogP contribution in [0.15, 0.2) is 18.2 Å². The minimum atomic E-state index is 0.426. The van der Waals surface area contributed by atoms with Crippen LogP contribution in [0.25, 0.3) is 10.2 Å². The largest absolute Gasteiger partial charge is 0.308 e. The maximum absolute atomic E-state index is 5.99. The molecule has 2 unspecified atom stereocenters. The highest BCUT2D eigenvalue weighted by Gasteiger charge is 2.22. The van der Waals surface area contributed by atoms with Crippen LogP contribution >= 0.6 is 22.9 Å². The number of thiazole rings is 1. The lowest BCUT2D eigenvalue weighted by Crippen LogP contribution is -2.30. The monoisotopic (exact) mass is 266 g/mol. The van der Waals surface area contributed by atoms with Gasteiger partial charge < -0.3 is 5.32 Å². The molecule has 90 valence electrons. The van der Waals surface area contributed by atoms with Crippen LogP contribution in [-0.4, -0.2) is 11.5 Å². The molecule has 0 bridgehead atoms. The van der Waals surface area contributed by atoms with E-state index in [9.17, 15) is 0 Å². The van der Waals surface area contributed by atoms with Crippen molar-refractivity contribution in [2.75, 3.05) is 6.54 Å². The van der Waals surface area contributed by atoms with Crippen molar-refractivity contribution in [1.82, 2.24) is 10.3 Å². The van der Waals surface area contributed by atoms with Crippen molar-refractivity contribution in [1.29, 1.82) is 0 Å². The fraction of sp³-hybridized carbons (Fsp3) is 0.462. The summed E-state index contributed by atoms with van der Waals surface area (Å²) in [7, 11) is 0. The number of nitrogens with one attached hydrogen (secondary N) is 1. The summed E-state index contributed by atoms with van der Waals surface area (Å²) in [5.74, 6) is 0.789. The summed E-state index contributed by atoms with van der Waals surface area (Å²) in [6.45, 7) is 3.42. The Kier molecular flexibility index (Phi) is 3.07. The third kappa shape index (κ3) is 2.32. The molecule has 2 heterocycles. The minimum Gasteiger partial charge on any atom is -0.308 e. The molecule has 0 aliphatic carbocycles. The number of nitrogens with zero attached hydrogens (tertiary/aromatic N) is 1. The summed E-state index contributed by atoms with van der Waals surface area (Å²) in [5, 5.41) is 5.52. The summed E-state index contributed by atoms with van der Waals surface area (Å²) in [6, 6.07) is 6.37. The molecule has 1 saturated heterocycles. The molecular formula is C13H15ClN2S. The molecule has 2 nitrogen and oxygen atoms in total. The Labute approximate surface area is 110 Å². The van der Waals surface area contributed by atoms with E-state index in [1.165, 1.54) is 22.5 Å². The molecule has 3 rings (SSSR count). The summed E-state index contributed by atoms with van der Waals surface area (Å²) in [4.78, 5) is 4.70. The van der Waals surface area contributed by atoms with Crippen molar-refractivity contribution in [3.63, 3.8) is 0 Å². The van der Waals surface area contributed by atoms with Crippen LogP contribution in [0.5, 0.6) is 0 Å². The van der Waals surface area contributed by atoms with E-state index in [-0.39, 0.29) is 0 Å². The van der Waals surface area contributed by atoms with Crippen molar-refractivity contribution >= 4 is 33.2 Å². The Balaban J connectivity index is 1.94. The van der Waals surface area contributed by atoms with Crippen molar-refractivity contribution in [3.05, 3.63) is 28.2 Å². The Hall–Kier alpha value is -0.640. The number of rotatable bonds is 1. The van der Waals surface area contributed by atoms with Crippen LogP contribution in [0, 0.1) is 5.92 Å². The second kappa shape index (κ2) is 4.56. The molecule has 1 N–H and O–H groups in total. The molecule has 2 atom stereocenters. The Bertz CT molecular complexity index is 537. The van der Waals surface area contributed by atoms with Gasteiger partial charge in [0, 0.05) is 5.02 Å². The molecule has 1 aliphatic rings. The lowest BCUT2D eigenvalue weighted by molar-refractivity contribution is 0.325. The average molecular weight is 267 g/mol. The summed E-state index contributed by atoms with van der Waals surface area (Å²) in [6.07, 6.45) is 2.46. The van der Waals surface area contributed by atoms with Gasteiger partial charge in [0.15, 0.2) is 0 Å². The molecule has 0 amide bonds. The Morgan fingerprint density at radius 3 is 3.18 bits per heavy atom. The van der Waals surface area contributed by atoms with Gasteiger partial charge >= 0.3 is 0 Å². The van der Waals surface area contributed by atoms with Gasteiger partial charge in [0.25, 0.3) is 0 Å². The topological polar surface area (TPSA) is 24.9 Å². The predicted octanol–water partition coefficient (Wildman–Crippen LogP) is 4.01. The SMILES string of the molecule is CC1CCNC(c2nc3cc(Cl)ccc3s2)C1. The first-order valence-electron chi connectivity index (χ1n) is 6.02. The number of aromatic nitrogens is 1. The number of benzene rings is 1. The zero-order valence-electron chi connectivity index (χ0n) is 9.74. The normalized spacial score (nSPS) is 25.3. The lowest BCUT2D eigenvalue weighted by atomic mass is 9.95. The fourth-order valence-corrected chi connectivity index (χ4v) is 3.57. The van der Waals surface area contributed by atoms with Gasteiger partial charge in [0.1, 0.15) is 5.01 Å². The molecule has 0 radical (unpaired) electrons. The Morgan fingerprint density at radius 1 is 1.47 bits per heavy atom. The molecule has 17 heavy (non-hydrogen) atoms. The van der Waals surface area contributed by atoms with Crippen LogP contribution < -0.4 is 5.32 Å². The molecule has 1 aromatic carbocycles. The van der Waals surface area contributed by atoms with Gasteiger partial charge in [-0.1, -0.05) is 18.5 Å². The molecule has 1 aliphatic heterocycles. The van der Waals surface area contributed by atoms with E-state index in [1.54, 1.807) is 11.3 Å². The van der Waals surface area contributed by atoms with Crippen molar-refractivity contribution in [2.45, 2.75) is 25.8 Å². The minimum absolute atomic E-state index is 0.426. The van der Waals surface area contributed by atoms with E-state index in [1.807, 2.05) is 12.1 Å². The van der Waals surface area contributed by atoms with E-state index < -0.39 is 0 Å². The number of halogens is 1. The first-order valence-corrected chi connectivity index (χ1v) is 7.21. The predicted molar refractivity (Wildman–Crippen MR) is 73.8 cm³/mol. The maximum Gasteiger partial charge on any atom is 0.111 e. The third-order valence-corrected chi connectivity index (χ3v) is 4.72. The lowest BCUT2D eigenvalue weighted by Gasteiger charge is -2.26. The molecule has 0 saturated carbocycles. The van der Waals surface area contributed by atoms with E-state index in [0.29, 0.717) is 6.04 Å². The van der Waals surface area contributed by atoms with Gasteiger partial charge in [-0.05, 0) is 43.5 Å². The molecular weight excluding hydrogens is 252 g/mol. The van der Waals surface area contributed by atoms with Crippen LogP contribution in [0.3, 0.4) is 0 Å².